The van der Waals surface area contributed by atoms with Gasteiger partial charge in [-0.25, -0.2) is 0 Å². The highest BCUT2D eigenvalue weighted by Gasteiger charge is 2.17. The Kier molecular flexibility index (Phi) is 10.3. The molecule has 8 nitrogen and oxygen atoms in total. The number of nitrogens with zero attached hydrogens (tertiary/aromatic N) is 2. The number of hydrogen-bond donors (Lipinski definition) is 4. The molecule has 9 heteroatoms. The lowest BCUT2D eigenvalue weighted by Crippen LogP contribution is -2.39. The van der Waals surface area contributed by atoms with Gasteiger partial charge in [-0.1, -0.05) is 35.4 Å². The molecule has 170 valence electrons. The standard InChI is InChI=1S/C22H28N2O6.ClH/c1-15-3-5-19(25)17(9-15)11-23(13-21(27)28)7-8-24(14-22(29)30)12-18-10-16(2)4-6-20(18)26;/h3-6,9-10,25-26H,7-8,11-14H2,1-2H3,(H,27,28)(H,29,30);1H. The minimum absolute atomic E-state index is 0. The highest BCUT2D eigenvalue weighted by molar-refractivity contribution is 5.85. The van der Waals surface area contributed by atoms with Crippen molar-refractivity contribution in [3.63, 3.8) is 0 Å². The van der Waals surface area contributed by atoms with Crippen molar-refractivity contribution in [1.82, 2.24) is 9.80 Å². The lowest BCUT2D eigenvalue weighted by molar-refractivity contribution is -0.140. The maximum atomic E-state index is 11.3. The van der Waals surface area contributed by atoms with Gasteiger partial charge in [0.15, 0.2) is 0 Å². The number of rotatable bonds is 11. The van der Waals surface area contributed by atoms with E-state index in [1.165, 1.54) is 0 Å². The molecule has 0 amide bonds. The molecule has 0 heterocycles. The molecule has 0 radical (unpaired) electrons. The zero-order valence-electron chi connectivity index (χ0n) is 17.6. The average molecular weight is 453 g/mol. The van der Waals surface area contributed by atoms with Crippen LogP contribution in [0.15, 0.2) is 36.4 Å². The van der Waals surface area contributed by atoms with Gasteiger partial charge in [-0.15, -0.1) is 12.4 Å². The first-order valence-corrected chi connectivity index (χ1v) is 9.59. The molecule has 31 heavy (non-hydrogen) atoms. The van der Waals surface area contributed by atoms with Crippen molar-refractivity contribution in [2.45, 2.75) is 26.9 Å². The van der Waals surface area contributed by atoms with E-state index in [0.29, 0.717) is 11.1 Å². The fraction of sp³-hybridized carbons (Fsp3) is 0.364. The summed E-state index contributed by atoms with van der Waals surface area (Å²) in [4.78, 5) is 25.9. The van der Waals surface area contributed by atoms with Gasteiger partial charge in [0.05, 0.1) is 13.1 Å². The first-order valence-electron chi connectivity index (χ1n) is 9.59. The first kappa shape index (κ1) is 26.2. The van der Waals surface area contributed by atoms with E-state index < -0.39 is 11.9 Å². The molecule has 0 aliphatic rings. The summed E-state index contributed by atoms with van der Waals surface area (Å²) in [6.45, 7) is 4.26. The van der Waals surface area contributed by atoms with E-state index in [0.717, 1.165) is 11.1 Å². The van der Waals surface area contributed by atoms with Crippen LogP contribution in [-0.4, -0.2) is 68.3 Å². The number of carbonyl (C=O) groups is 2. The van der Waals surface area contributed by atoms with Gasteiger partial charge in [-0.2, -0.15) is 0 Å². The van der Waals surface area contributed by atoms with Crippen molar-refractivity contribution in [1.29, 1.82) is 0 Å². The number of carboxylic acids is 2. The quantitative estimate of drug-likeness (QED) is 0.410. The molecule has 0 saturated heterocycles. The van der Waals surface area contributed by atoms with Crippen LogP contribution >= 0.6 is 12.4 Å². The highest BCUT2D eigenvalue weighted by atomic mass is 35.5. The third-order valence-corrected chi connectivity index (χ3v) is 4.71. The molecule has 2 aromatic rings. The monoisotopic (exact) mass is 452 g/mol. The van der Waals surface area contributed by atoms with Crippen LogP contribution in [0, 0.1) is 13.8 Å². The van der Waals surface area contributed by atoms with Gasteiger partial charge in [-0.05, 0) is 26.0 Å². The molecule has 2 aromatic carbocycles. The van der Waals surface area contributed by atoms with E-state index in [9.17, 15) is 30.0 Å². The minimum Gasteiger partial charge on any atom is -0.508 e. The Hall–Kier alpha value is -2.81. The van der Waals surface area contributed by atoms with E-state index in [2.05, 4.69) is 0 Å². The topological polar surface area (TPSA) is 122 Å². The number of aryl methyl sites for hydroxylation is 2. The van der Waals surface area contributed by atoms with Gasteiger partial charge in [0.1, 0.15) is 11.5 Å². The Labute approximate surface area is 187 Å². The molecule has 0 unspecified atom stereocenters. The normalized spacial score (nSPS) is 10.8. The summed E-state index contributed by atoms with van der Waals surface area (Å²) in [7, 11) is 0. The number of phenols is 2. The summed E-state index contributed by atoms with van der Waals surface area (Å²) in [6.07, 6.45) is 0. The molecule has 0 aliphatic heterocycles. The van der Waals surface area contributed by atoms with Crippen molar-refractivity contribution in [2.24, 2.45) is 0 Å². The summed E-state index contributed by atoms with van der Waals surface area (Å²) < 4.78 is 0. The number of carboxylic acid groups (broad SMARTS) is 2. The summed E-state index contributed by atoms with van der Waals surface area (Å²) in [5.74, 6) is -1.85. The molecule has 0 atom stereocenters. The van der Waals surface area contributed by atoms with Crippen molar-refractivity contribution in [3.8, 4) is 11.5 Å². The van der Waals surface area contributed by atoms with Crippen molar-refractivity contribution >= 4 is 24.3 Å². The maximum absolute atomic E-state index is 11.3. The van der Waals surface area contributed by atoms with Gasteiger partial charge >= 0.3 is 11.9 Å². The Morgan fingerprint density at radius 2 is 1.10 bits per heavy atom. The Bertz CT molecular complexity index is 832. The summed E-state index contributed by atoms with van der Waals surface area (Å²) in [5.41, 5.74) is 3.11. The molecule has 0 saturated carbocycles. The van der Waals surface area contributed by atoms with Crippen LogP contribution in [0.5, 0.6) is 11.5 Å². The lowest BCUT2D eigenvalue weighted by Gasteiger charge is -2.26. The zero-order chi connectivity index (χ0) is 22.3. The molecular weight excluding hydrogens is 424 g/mol. The van der Waals surface area contributed by atoms with E-state index in [1.54, 1.807) is 46.2 Å². The van der Waals surface area contributed by atoms with E-state index in [1.807, 2.05) is 13.8 Å². The number of aromatic hydroxyl groups is 2. The van der Waals surface area contributed by atoms with Crippen molar-refractivity contribution in [3.05, 3.63) is 58.7 Å². The molecule has 0 aromatic heterocycles. The first-order chi connectivity index (χ1) is 14.1. The zero-order valence-corrected chi connectivity index (χ0v) is 18.4. The maximum Gasteiger partial charge on any atom is 0.317 e. The highest BCUT2D eigenvalue weighted by Crippen LogP contribution is 2.21. The fourth-order valence-corrected chi connectivity index (χ4v) is 3.26. The van der Waals surface area contributed by atoms with E-state index in [-0.39, 0.29) is 63.2 Å². The summed E-state index contributed by atoms with van der Waals surface area (Å²) >= 11 is 0. The third kappa shape index (κ3) is 8.84. The second kappa shape index (κ2) is 12.1. The number of aliphatic carboxylic acids is 2. The second-order valence-electron chi connectivity index (χ2n) is 7.47. The van der Waals surface area contributed by atoms with Crippen LogP contribution in [0.4, 0.5) is 0 Å². The molecular formula is C22H29ClN2O6. The minimum atomic E-state index is -1.01. The van der Waals surface area contributed by atoms with Crippen molar-refractivity contribution < 1.29 is 30.0 Å². The van der Waals surface area contributed by atoms with Gasteiger partial charge in [0.25, 0.3) is 0 Å². The van der Waals surface area contributed by atoms with Crippen LogP contribution in [-0.2, 0) is 22.7 Å². The molecule has 0 spiro atoms. The van der Waals surface area contributed by atoms with Crippen LogP contribution in [0.2, 0.25) is 0 Å². The molecule has 0 fully saturated rings. The predicted molar refractivity (Wildman–Crippen MR) is 119 cm³/mol. The number of phenolic OH excluding ortho intramolecular Hbond substituents is 2. The van der Waals surface area contributed by atoms with Crippen LogP contribution in [0.1, 0.15) is 22.3 Å². The third-order valence-electron chi connectivity index (χ3n) is 4.71. The molecule has 0 aliphatic carbocycles. The second-order valence-corrected chi connectivity index (χ2v) is 7.47. The SMILES string of the molecule is Cc1ccc(O)c(CN(CCN(CC(=O)O)Cc2cc(C)ccc2O)CC(=O)O)c1.Cl. The Morgan fingerprint density at radius 3 is 1.42 bits per heavy atom. The number of halogens is 1. The largest absolute Gasteiger partial charge is 0.508 e. The van der Waals surface area contributed by atoms with Gasteiger partial charge in [0, 0.05) is 37.3 Å². The lowest BCUT2D eigenvalue weighted by atomic mass is 10.1. The summed E-state index contributed by atoms with van der Waals surface area (Å²) in [5, 5.41) is 38.7. The van der Waals surface area contributed by atoms with E-state index >= 15 is 0 Å². The number of hydrogen-bond acceptors (Lipinski definition) is 6. The Morgan fingerprint density at radius 1 is 0.742 bits per heavy atom. The summed E-state index contributed by atoms with van der Waals surface area (Å²) in [6, 6.07) is 10.3. The van der Waals surface area contributed by atoms with Gasteiger partial charge in [0.2, 0.25) is 0 Å². The van der Waals surface area contributed by atoms with Crippen LogP contribution in [0.25, 0.3) is 0 Å². The molecule has 4 N–H and O–H groups in total. The van der Waals surface area contributed by atoms with Gasteiger partial charge in [-0.3, -0.25) is 19.4 Å². The van der Waals surface area contributed by atoms with E-state index in [4.69, 9.17) is 0 Å². The van der Waals surface area contributed by atoms with Gasteiger partial charge < -0.3 is 20.4 Å². The average Bonchev–Trinajstić information content (AvgIpc) is 2.64. The fourth-order valence-electron chi connectivity index (χ4n) is 3.26. The van der Waals surface area contributed by atoms with Crippen molar-refractivity contribution in [2.75, 3.05) is 26.2 Å². The van der Waals surface area contributed by atoms with Crippen LogP contribution < -0.4 is 0 Å². The number of benzene rings is 2. The smallest absolute Gasteiger partial charge is 0.317 e. The molecule has 2 rings (SSSR count). The predicted octanol–water partition coefficient (Wildman–Crippen LogP) is 2.61. The van der Waals surface area contributed by atoms with Crippen LogP contribution in [0.3, 0.4) is 0 Å². The molecule has 0 bridgehead atoms. The Balaban J connectivity index is 0.00000480.